The van der Waals surface area contributed by atoms with Crippen LogP contribution in [-0.4, -0.2) is 9.97 Å². The van der Waals surface area contributed by atoms with E-state index < -0.39 is 0 Å². The minimum Gasteiger partial charge on any atom is -0.233 e. The molecular weight excluding hydrogens is 255 g/mol. The molecule has 0 aliphatic heterocycles. The zero-order valence-corrected chi connectivity index (χ0v) is 11.4. The summed E-state index contributed by atoms with van der Waals surface area (Å²) in [5.74, 6) is 0.611. The van der Waals surface area contributed by atoms with Gasteiger partial charge in [0.05, 0.1) is 0 Å². The molecule has 2 nitrogen and oxygen atoms in total. The molecule has 1 aromatic heterocycles. The van der Waals surface area contributed by atoms with E-state index in [1.807, 2.05) is 39.0 Å². The highest BCUT2D eigenvalue weighted by Gasteiger charge is 2.08. The van der Waals surface area contributed by atoms with Crippen molar-refractivity contribution >= 4 is 23.2 Å². The molecule has 0 amide bonds. The Morgan fingerprint density at radius 1 is 1.00 bits per heavy atom. The maximum atomic E-state index is 6.09. The van der Waals surface area contributed by atoms with Gasteiger partial charge in [0.25, 0.3) is 0 Å². The molecular formula is C13H12Cl2N2. The minimum absolute atomic E-state index is 0.490. The largest absolute Gasteiger partial charge is 0.233 e. The third kappa shape index (κ3) is 2.43. The molecule has 0 aliphatic rings. The molecule has 1 heterocycles. The van der Waals surface area contributed by atoms with Crippen LogP contribution in [-0.2, 0) is 0 Å². The smallest absolute Gasteiger partial charge is 0.161 e. The lowest BCUT2D eigenvalue weighted by Crippen LogP contribution is -1.96. The standard InChI is InChI=1S/C13H12Cl2N2/c1-7-4-5-10(6-11(7)14)13-16-9(3)8(2)12(15)17-13/h4-6H,1-3H3. The van der Waals surface area contributed by atoms with E-state index in [0.717, 1.165) is 22.4 Å². The molecule has 0 fully saturated rings. The van der Waals surface area contributed by atoms with Crippen molar-refractivity contribution in [1.82, 2.24) is 9.97 Å². The number of hydrogen-bond donors (Lipinski definition) is 0. The van der Waals surface area contributed by atoms with Gasteiger partial charge >= 0.3 is 0 Å². The first-order valence-corrected chi connectivity index (χ1v) is 6.02. The fourth-order valence-corrected chi connectivity index (χ4v) is 1.85. The maximum Gasteiger partial charge on any atom is 0.161 e. The predicted molar refractivity (Wildman–Crippen MR) is 71.7 cm³/mol. The summed E-state index contributed by atoms with van der Waals surface area (Å²) in [5, 5.41) is 1.20. The van der Waals surface area contributed by atoms with Gasteiger partial charge in [-0.05, 0) is 32.4 Å². The summed E-state index contributed by atoms with van der Waals surface area (Å²) in [6.07, 6.45) is 0. The van der Waals surface area contributed by atoms with Gasteiger partial charge in [-0.2, -0.15) is 0 Å². The van der Waals surface area contributed by atoms with Gasteiger partial charge < -0.3 is 0 Å². The molecule has 0 N–H and O–H groups in total. The second kappa shape index (κ2) is 4.63. The van der Waals surface area contributed by atoms with Crippen LogP contribution in [0.5, 0.6) is 0 Å². The first kappa shape index (κ1) is 12.3. The summed E-state index contributed by atoms with van der Waals surface area (Å²) in [6, 6.07) is 5.75. The molecule has 2 rings (SSSR count). The number of hydrogen-bond acceptors (Lipinski definition) is 2. The molecule has 0 bridgehead atoms. The molecule has 0 saturated carbocycles. The molecule has 0 aliphatic carbocycles. The maximum absolute atomic E-state index is 6.09. The Balaban J connectivity index is 2.57. The lowest BCUT2D eigenvalue weighted by Gasteiger charge is -2.07. The van der Waals surface area contributed by atoms with Crippen LogP contribution in [0, 0.1) is 20.8 Å². The Kier molecular flexibility index (Phi) is 3.36. The Bertz CT molecular complexity index is 557. The van der Waals surface area contributed by atoms with Gasteiger partial charge in [0.2, 0.25) is 0 Å². The van der Waals surface area contributed by atoms with Gasteiger partial charge in [-0.3, -0.25) is 0 Å². The minimum atomic E-state index is 0.490. The lowest BCUT2D eigenvalue weighted by molar-refractivity contribution is 1.07. The zero-order valence-electron chi connectivity index (χ0n) is 9.88. The summed E-state index contributed by atoms with van der Waals surface area (Å²) < 4.78 is 0. The average molecular weight is 267 g/mol. The number of aromatic nitrogens is 2. The van der Waals surface area contributed by atoms with Crippen LogP contribution in [0.1, 0.15) is 16.8 Å². The third-order valence-corrected chi connectivity index (χ3v) is 3.54. The van der Waals surface area contributed by atoms with E-state index in [9.17, 15) is 0 Å². The first-order valence-electron chi connectivity index (χ1n) is 5.26. The monoisotopic (exact) mass is 266 g/mol. The second-order valence-corrected chi connectivity index (χ2v) is 4.78. The highest BCUT2D eigenvalue weighted by atomic mass is 35.5. The van der Waals surface area contributed by atoms with Crippen LogP contribution >= 0.6 is 23.2 Å². The number of aryl methyl sites for hydroxylation is 2. The van der Waals surface area contributed by atoms with Crippen LogP contribution in [0.4, 0.5) is 0 Å². The number of halogens is 2. The van der Waals surface area contributed by atoms with Gasteiger partial charge in [-0.15, -0.1) is 0 Å². The molecule has 0 atom stereocenters. The van der Waals surface area contributed by atoms with Gasteiger partial charge in [-0.25, -0.2) is 9.97 Å². The van der Waals surface area contributed by atoms with Crippen molar-refractivity contribution in [3.8, 4) is 11.4 Å². The van der Waals surface area contributed by atoms with Crippen LogP contribution in [0.15, 0.2) is 18.2 Å². The van der Waals surface area contributed by atoms with Crippen molar-refractivity contribution in [2.45, 2.75) is 20.8 Å². The normalized spacial score (nSPS) is 10.6. The molecule has 88 valence electrons. The van der Waals surface area contributed by atoms with E-state index in [4.69, 9.17) is 23.2 Å². The summed E-state index contributed by atoms with van der Waals surface area (Å²) in [6.45, 7) is 5.78. The first-order chi connectivity index (χ1) is 7.99. The van der Waals surface area contributed by atoms with Gasteiger partial charge in [0.15, 0.2) is 5.82 Å². The molecule has 4 heteroatoms. The molecule has 0 unspecified atom stereocenters. The third-order valence-electron chi connectivity index (χ3n) is 2.76. The Labute approximate surface area is 111 Å². The van der Waals surface area contributed by atoms with E-state index in [1.165, 1.54) is 0 Å². The summed E-state index contributed by atoms with van der Waals surface area (Å²) in [4.78, 5) is 8.69. The Morgan fingerprint density at radius 2 is 1.71 bits per heavy atom. The molecule has 17 heavy (non-hydrogen) atoms. The van der Waals surface area contributed by atoms with Gasteiger partial charge in [0.1, 0.15) is 5.15 Å². The van der Waals surface area contributed by atoms with Crippen LogP contribution in [0.3, 0.4) is 0 Å². The predicted octanol–water partition coefficient (Wildman–Crippen LogP) is 4.38. The summed E-state index contributed by atoms with van der Waals surface area (Å²) in [7, 11) is 0. The SMILES string of the molecule is Cc1ccc(-c2nc(C)c(C)c(Cl)n2)cc1Cl. The number of benzene rings is 1. The van der Waals surface area contributed by atoms with Crippen molar-refractivity contribution in [2.75, 3.05) is 0 Å². The molecule has 0 radical (unpaired) electrons. The average Bonchev–Trinajstić information content (AvgIpc) is 2.29. The molecule has 0 saturated heterocycles. The number of rotatable bonds is 1. The van der Waals surface area contributed by atoms with Crippen molar-refractivity contribution in [1.29, 1.82) is 0 Å². The van der Waals surface area contributed by atoms with Crippen molar-refractivity contribution in [3.63, 3.8) is 0 Å². The lowest BCUT2D eigenvalue weighted by atomic mass is 10.1. The van der Waals surface area contributed by atoms with Crippen molar-refractivity contribution in [3.05, 3.63) is 45.2 Å². The number of nitrogens with zero attached hydrogens (tertiary/aromatic N) is 2. The van der Waals surface area contributed by atoms with Gasteiger partial charge in [0, 0.05) is 21.8 Å². The summed E-state index contributed by atoms with van der Waals surface area (Å²) >= 11 is 12.1. The van der Waals surface area contributed by atoms with E-state index in [1.54, 1.807) is 0 Å². The molecule has 1 aromatic carbocycles. The topological polar surface area (TPSA) is 25.8 Å². The van der Waals surface area contributed by atoms with Crippen LogP contribution in [0.25, 0.3) is 11.4 Å². The molecule has 0 spiro atoms. The van der Waals surface area contributed by atoms with Crippen LogP contribution < -0.4 is 0 Å². The van der Waals surface area contributed by atoms with E-state index >= 15 is 0 Å². The zero-order chi connectivity index (χ0) is 12.6. The van der Waals surface area contributed by atoms with E-state index in [-0.39, 0.29) is 0 Å². The quantitative estimate of drug-likeness (QED) is 0.717. The Hall–Kier alpha value is -1.12. The van der Waals surface area contributed by atoms with Crippen molar-refractivity contribution in [2.24, 2.45) is 0 Å². The van der Waals surface area contributed by atoms with Crippen LogP contribution in [0.2, 0.25) is 10.2 Å². The van der Waals surface area contributed by atoms with Crippen molar-refractivity contribution < 1.29 is 0 Å². The highest BCUT2D eigenvalue weighted by Crippen LogP contribution is 2.25. The highest BCUT2D eigenvalue weighted by molar-refractivity contribution is 6.31. The Morgan fingerprint density at radius 3 is 2.29 bits per heavy atom. The molecule has 2 aromatic rings. The second-order valence-electron chi connectivity index (χ2n) is 4.01. The fourth-order valence-electron chi connectivity index (χ4n) is 1.45. The van der Waals surface area contributed by atoms with E-state index in [2.05, 4.69) is 9.97 Å². The van der Waals surface area contributed by atoms with E-state index in [0.29, 0.717) is 16.0 Å². The van der Waals surface area contributed by atoms with Gasteiger partial charge in [-0.1, -0.05) is 35.3 Å². The summed E-state index contributed by atoms with van der Waals surface area (Å²) in [5.41, 5.74) is 3.71. The fraction of sp³-hybridized carbons (Fsp3) is 0.231.